The maximum Gasteiger partial charge on any atom is 0.220 e. The number of carbonyl (C=O) groups is 1. The molecule has 1 amide bonds. The first-order chi connectivity index (χ1) is 34.2. The fraction of sp³-hybridized carbons (Fsp3) is 0.985. The van der Waals surface area contributed by atoms with Gasteiger partial charge >= 0.3 is 0 Å². The van der Waals surface area contributed by atoms with E-state index in [-0.39, 0.29) is 12.5 Å². The average molecular weight is 975 g/mol. The molecule has 0 aromatic heterocycles. The number of amides is 1. The van der Waals surface area contributed by atoms with Crippen LogP contribution >= 0.6 is 0 Å². The van der Waals surface area contributed by atoms with E-state index in [1.165, 1.54) is 340 Å². The fourth-order valence-electron chi connectivity index (χ4n) is 10.9. The van der Waals surface area contributed by atoms with Crippen molar-refractivity contribution in [2.24, 2.45) is 0 Å². The lowest BCUT2D eigenvalue weighted by atomic mass is 10.0. The molecule has 2 unspecified atom stereocenters. The van der Waals surface area contributed by atoms with Gasteiger partial charge in [0.05, 0.1) is 18.8 Å². The van der Waals surface area contributed by atoms with E-state index in [2.05, 4.69) is 19.2 Å². The highest BCUT2D eigenvalue weighted by Crippen LogP contribution is 2.20. The lowest BCUT2D eigenvalue weighted by Gasteiger charge is -2.22. The van der Waals surface area contributed by atoms with Gasteiger partial charge < -0.3 is 15.5 Å². The SMILES string of the molecule is CCCCCCCCCCCCCCCCCCCCCCCCCCCCCCCCCCC(=O)NC(CO)C(O)CCCCCCCCCCCCCCCCCCCCCCCCCCC. The van der Waals surface area contributed by atoms with Crippen molar-refractivity contribution in [2.75, 3.05) is 6.61 Å². The molecule has 0 aromatic rings. The van der Waals surface area contributed by atoms with Gasteiger partial charge in [0.15, 0.2) is 0 Å². The Morgan fingerprint density at radius 2 is 0.464 bits per heavy atom. The van der Waals surface area contributed by atoms with E-state index in [1.54, 1.807) is 0 Å². The molecule has 2 atom stereocenters. The molecule has 0 aromatic carbocycles. The van der Waals surface area contributed by atoms with Crippen LogP contribution in [0, 0.1) is 0 Å². The summed E-state index contributed by atoms with van der Waals surface area (Å²) in [6, 6.07) is -0.532. The number of rotatable bonds is 62. The average Bonchev–Trinajstić information content (AvgIpc) is 3.35. The lowest BCUT2D eigenvalue weighted by molar-refractivity contribution is -0.123. The van der Waals surface area contributed by atoms with Crippen molar-refractivity contribution in [1.82, 2.24) is 5.32 Å². The van der Waals surface area contributed by atoms with Gasteiger partial charge in [0.2, 0.25) is 5.91 Å². The quantitative estimate of drug-likeness (QED) is 0.0532. The van der Waals surface area contributed by atoms with Gasteiger partial charge in [-0.3, -0.25) is 4.79 Å². The largest absolute Gasteiger partial charge is 0.394 e. The Balaban J connectivity index is 3.36. The van der Waals surface area contributed by atoms with Crippen molar-refractivity contribution in [3.8, 4) is 0 Å². The van der Waals surface area contributed by atoms with Gasteiger partial charge in [-0.25, -0.2) is 0 Å². The van der Waals surface area contributed by atoms with E-state index in [4.69, 9.17) is 0 Å². The molecule has 4 nitrogen and oxygen atoms in total. The van der Waals surface area contributed by atoms with Gasteiger partial charge in [-0.15, -0.1) is 0 Å². The molecule has 414 valence electrons. The number of hydrogen-bond acceptors (Lipinski definition) is 3. The van der Waals surface area contributed by atoms with Crippen LogP contribution in [0.15, 0.2) is 0 Å². The molecule has 3 N–H and O–H groups in total. The molecule has 4 heteroatoms. The number of hydrogen-bond donors (Lipinski definition) is 3. The molecule has 0 aliphatic rings. The summed E-state index contributed by atoms with van der Waals surface area (Å²) in [5, 5.41) is 23.4. The maximum absolute atomic E-state index is 12.5. The molecular weight excluding hydrogens is 843 g/mol. The summed E-state index contributed by atoms with van der Waals surface area (Å²) in [7, 11) is 0. The Kier molecular flexibility index (Phi) is 61.1. The standard InChI is InChI=1S/C65H131NO3/c1-3-5-7-9-11-13-15-17-19-21-23-25-27-29-30-31-32-33-34-35-37-39-41-43-45-47-49-51-53-55-57-59-61-65(69)66-63(62-67)64(68)60-58-56-54-52-50-48-46-44-42-40-38-36-28-26-24-22-20-18-16-14-12-10-8-6-4-2/h63-64,67-68H,3-62H2,1-2H3,(H,66,69). The predicted molar refractivity (Wildman–Crippen MR) is 309 cm³/mol. The second kappa shape index (κ2) is 61.7. The van der Waals surface area contributed by atoms with Crippen molar-refractivity contribution < 1.29 is 15.0 Å². The Bertz CT molecular complexity index is 925. The molecule has 69 heavy (non-hydrogen) atoms. The molecule has 0 bridgehead atoms. The molecule has 0 heterocycles. The monoisotopic (exact) mass is 974 g/mol. The van der Waals surface area contributed by atoms with Crippen LogP contribution in [0.4, 0.5) is 0 Å². The van der Waals surface area contributed by atoms with Gasteiger partial charge in [0.25, 0.3) is 0 Å². The maximum atomic E-state index is 12.5. The summed E-state index contributed by atoms with van der Waals surface area (Å²) in [6.45, 7) is 4.42. The molecule has 0 saturated heterocycles. The fourth-order valence-corrected chi connectivity index (χ4v) is 10.9. The molecule has 0 rings (SSSR count). The zero-order chi connectivity index (χ0) is 49.9. The van der Waals surface area contributed by atoms with Gasteiger partial charge in [0.1, 0.15) is 0 Å². The minimum atomic E-state index is -0.656. The van der Waals surface area contributed by atoms with Crippen molar-refractivity contribution in [2.45, 2.75) is 405 Å². The predicted octanol–water partition coefficient (Wildman–Crippen LogP) is 21.9. The smallest absolute Gasteiger partial charge is 0.220 e. The molecule has 0 spiro atoms. The summed E-state index contributed by atoms with van der Waals surface area (Å²) >= 11 is 0. The normalized spacial score (nSPS) is 12.6. The summed E-state index contributed by atoms with van der Waals surface area (Å²) in [6.07, 6.45) is 80.0. The Hall–Kier alpha value is -0.610. The van der Waals surface area contributed by atoms with Gasteiger partial charge in [0, 0.05) is 6.42 Å². The third kappa shape index (κ3) is 58.2. The molecule has 0 aliphatic carbocycles. The molecule has 0 saturated carbocycles. The Morgan fingerprint density at radius 3 is 0.652 bits per heavy atom. The zero-order valence-electron chi connectivity index (χ0n) is 47.9. The molecule has 0 radical (unpaired) electrons. The molecule has 0 aliphatic heterocycles. The first-order valence-electron chi connectivity index (χ1n) is 32.7. The van der Waals surface area contributed by atoms with E-state index < -0.39 is 12.1 Å². The Morgan fingerprint density at radius 1 is 0.290 bits per heavy atom. The highest BCUT2D eigenvalue weighted by atomic mass is 16.3. The van der Waals surface area contributed by atoms with Crippen LogP contribution in [0.1, 0.15) is 393 Å². The van der Waals surface area contributed by atoms with Crippen molar-refractivity contribution in [3.63, 3.8) is 0 Å². The van der Waals surface area contributed by atoms with E-state index in [1.807, 2.05) is 0 Å². The molecular formula is C65H131NO3. The van der Waals surface area contributed by atoms with Crippen LogP contribution in [0.3, 0.4) is 0 Å². The first kappa shape index (κ1) is 68.4. The first-order valence-corrected chi connectivity index (χ1v) is 32.7. The highest BCUT2D eigenvalue weighted by molar-refractivity contribution is 5.76. The van der Waals surface area contributed by atoms with Crippen LogP contribution in [0.2, 0.25) is 0 Å². The van der Waals surface area contributed by atoms with E-state index in [0.29, 0.717) is 12.8 Å². The topological polar surface area (TPSA) is 69.6 Å². The zero-order valence-corrected chi connectivity index (χ0v) is 47.9. The number of nitrogens with one attached hydrogen (secondary N) is 1. The summed E-state index contributed by atoms with van der Waals surface area (Å²) in [5.41, 5.74) is 0. The third-order valence-electron chi connectivity index (χ3n) is 15.9. The van der Waals surface area contributed by atoms with Gasteiger partial charge in [-0.1, -0.05) is 373 Å². The van der Waals surface area contributed by atoms with E-state index in [0.717, 1.165) is 25.7 Å². The van der Waals surface area contributed by atoms with Crippen molar-refractivity contribution >= 4 is 5.91 Å². The number of unbranched alkanes of at least 4 members (excludes halogenated alkanes) is 55. The minimum Gasteiger partial charge on any atom is -0.394 e. The van der Waals surface area contributed by atoms with Crippen LogP contribution in [0.25, 0.3) is 0 Å². The highest BCUT2D eigenvalue weighted by Gasteiger charge is 2.20. The summed E-state index contributed by atoms with van der Waals surface area (Å²) < 4.78 is 0. The number of carbonyl (C=O) groups excluding carboxylic acids is 1. The number of aliphatic hydroxyl groups excluding tert-OH is 2. The number of aliphatic hydroxyl groups is 2. The Labute approximate surface area is 435 Å². The van der Waals surface area contributed by atoms with Crippen LogP contribution in [-0.4, -0.2) is 34.9 Å². The van der Waals surface area contributed by atoms with Crippen molar-refractivity contribution in [3.05, 3.63) is 0 Å². The second-order valence-corrected chi connectivity index (χ2v) is 22.9. The van der Waals surface area contributed by atoms with E-state index >= 15 is 0 Å². The van der Waals surface area contributed by atoms with Gasteiger partial charge in [-0.2, -0.15) is 0 Å². The third-order valence-corrected chi connectivity index (χ3v) is 15.9. The summed E-state index contributed by atoms with van der Waals surface area (Å²) in [5.74, 6) is -0.0199. The minimum absolute atomic E-state index is 0.0199. The van der Waals surface area contributed by atoms with Crippen LogP contribution in [0.5, 0.6) is 0 Å². The van der Waals surface area contributed by atoms with Crippen LogP contribution in [-0.2, 0) is 4.79 Å². The molecule has 0 fully saturated rings. The lowest BCUT2D eigenvalue weighted by Crippen LogP contribution is -2.45. The van der Waals surface area contributed by atoms with Crippen LogP contribution < -0.4 is 5.32 Å². The summed E-state index contributed by atoms with van der Waals surface area (Å²) in [4.78, 5) is 12.5. The second-order valence-electron chi connectivity index (χ2n) is 22.9. The van der Waals surface area contributed by atoms with E-state index in [9.17, 15) is 15.0 Å². The van der Waals surface area contributed by atoms with Crippen molar-refractivity contribution in [1.29, 1.82) is 0 Å². The van der Waals surface area contributed by atoms with Gasteiger partial charge in [-0.05, 0) is 12.8 Å².